The number of anilines is 2. The summed E-state index contributed by atoms with van der Waals surface area (Å²) in [6.45, 7) is 4.97. The van der Waals surface area contributed by atoms with E-state index < -0.39 is 0 Å². The summed E-state index contributed by atoms with van der Waals surface area (Å²) < 4.78 is 1.94. The molecule has 4 nitrogen and oxygen atoms in total. The highest BCUT2D eigenvalue weighted by Gasteiger charge is 2.03. The van der Waals surface area contributed by atoms with Crippen molar-refractivity contribution in [1.82, 2.24) is 9.78 Å². The molecule has 0 fully saturated rings. The fourth-order valence-corrected chi connectivity index (χ4v) is 1.81. The second-order valence-corrected chi connectivity index (χ2v) is 3.94. The average molecular weight is 230 g/mol. The Bertz CT molecular complexity index is 433. The Morgan fingerprint density at radius 3 is 2.65 bits per heavy atom. The third-order valence-electron chi connectivity index (χ3n) is 2.80. The third kappa shape index (κ3) is 3.00. The van der Waals surface area contributed by atoms with Crippen molar-refractivity contribution in [3.05, 3.63) is 42.7 Å². The van der Waals surface area contributed by atoms with Crippen LogP contribution in [0.5, 0.6) is 0 Å². The lowest BCUT2D eigenvalue weighted by Gasteiger charge is -2.23. The molecule has 17 heavy (non-hydrogen) atoms. The van der Waals surface area contributed by atoms with E-state index in [0.29, 0.717) is 0 Å². The van der Waals surface area contributed by atoms with Gasteiger partial charge in [0.05, 0.1) is 6.54 Å². The molecule has 1 aromatic heterocycles. The second kappa shape index (κ2) is 5.39. The molecule has 0 atom stereocenters. The standard InChI is InChI=1S/C13H18N4/c1-2-16(10-11-17-9-3-8-15-17)13-6-4-12(14)5-7-13/h3-9H,2,10-11,14H2,1H3. The zero-order valence-electron chi connectivity index (χ0n) is 10.1. The van der Waals surface area contributed by atoms with Gasteiger partial charge in [0, 0.05) is 36.9 Å². The van der Waals surface area contributed by atoms with E-state index in [1.54, 1.807) is 6.20 Å². The van der Waals surface area contributed by atoms with Crippen molar-refractivity contribution in [1.29, 1.82) is 0 Å². The number of nitrogens with two attached hydrogens (primary N) is 1. The van der Waals surface area contributed by atoms with Gasteiger partial charge in [0.1, 0.15) is 0 Å². The minimum absolute atomic E-state index is 0.803. The maximum absolute atomic E-state index is 5.69. The van der Waals surface area contributed by atoms with E-state index in [1.165, 1.54) is 5.69 Å². The van der Waals surface area contributed by atoms with E-state index in [-0.39, 0.29) is 0 Å². The smallest absolute Gasteiger partial charge is 0.0584 e. The van der Waals surface area contributed by atoms with E-state index in [0.717, 1.165) is 25.3 Å². The average Bonchev–Trinajstić information content (AvgIpc) is 2.85. The molecule has 4 heteroatoms. The van der Waals surface area contributed by atoms with Crippen LogP contribution in [-0.2, 0) is 6.54 Å². The molecule has 1 heterocycles. The van der Waals surface area contributed by atoms with Crippen LogP contribution < -0.4 is 10.6 Å². The number of likely N-dealkylation sites (N-methyl/N-ethyl adjacent to an activating group) is 1. The molecule has 0 radical (unpaired) electrons. The zero-order chi connectivity index (χ0) is 12.1. The molecule has 2 rings (SSSR count). The minimum Gasteiger partial charge on any atom is -0.399 e. The maximum atomic E-state index is 5.69. The van der Waals surface area contributed by atoms with Gasteiger partial charge in [-0.2, -0.15) is 5.10 Å². The molecule has 0 spiro atoms. The van der Waals surface area contributed by atoms with Gasteiger partial charge in [0.2, 0.25) is 0 Å². The van der Waals surface area contributed by atoms with E-state index in [4.69, 9.17) is 5.73 Å². The van der Waals surface area contributed by atoms with E-state index in [2.05, 4.69) is 29.1 Å². The molecule has 0 saturated carbocycles. The number of hydrogen-bond acceptors (Lipinski definition) is 3. The second-order valence-electron chi connectivity index (χ2n) is 3.94. The van der Waals surface area contributed by atoms with Gasteiger partial charge in [-0.15, -0.1) is 0 Å². The number of nitrogens with zero attached hydrogens (tertiary/aromatic N) is 3. The van der Waals surface area contributed by atoms with Crippen LogP contribution >= 0.6 is 0 Å². The summed E-state index contributed by atoms with van der Waals surface area (Å²) in [5.41, 5.74) is 7.69. The summed E-state index contributed by atoms with van der Waals surface area (Å²) in [4.78, 5) is 2.31. The summed E-state index contributed by atoms with van der Waals surface area (Å²) in [5.74, 6) is 0. The normalized spacial score (nSPS) is 10.4. The third-order valence-corrected chi connectivity index (χ3v) is 2.80. The van der Waals surface area contributed by atoms with Gasteiger partial charge in [-0.1, -0.05) is 0 Å². The summed E-state index contributed by atoms with van der Waals surface area (Å²) in [5, 5.41) is 4.20. The first kappa shape index (κ1) is 11.5. The molecule has 0 aliphatic heterocycles. The Labute approximate surface area is 102 Å². The number of nitrogen functional groups attached to an aromatic ring is 1. The van der Waals surface area contributed by atoms with Crippen LogP contribution in [0.15, 0.2) is 42.7 Å². The van der Waals surface area contributed by atoms with Crippen molar-refractivity contribution in [3.8, 4) is 0 Å². The van der Waals surface area contributed by atoms with Crippen LogP contribution in [0.25, 0.3) is 0 Å². The van der Waals surface area contributed by atoms with Crippen molar-refractivity contribution in [2.45, 2.75) is 13.5 Å². The minimum atomic E-state index is 0.803. The van der Waals surface area contributed by atoms with E-state index in [9.17, 15) is 0 Å². The SMILES string of the molecule is CCN(CCn1cccn1)c1ccc(N)cc1. The molecule has 0 aliphatic carbocycles. The van der Waals surface area contributed by atoms with Crippen LogP contribution in [0.4, 0.5) is 11.4 Å². The van der Waals surface area contributed by atoms with Crippen LogP contribution in [0, 0.1) is 0 Å². The summed E-state index contributed by atoms with van der Waals surface area (Å²) >= 11 is 0. The molecule has 0 unspecified atom stereocenters. The van der Waals surface area contributed by atoms with Crippen LogP contribution in [0.1, 0.15) is 6.92 Å². The van der Waals surface area contributed by atoms with Gasteiger partial charge in [-0.25, -0.2) is 0 Å². The maximum Gasteiger partial charge on any atom is 0.0584 e. The topological polar surface area (TPSA) is 47.1 Å². The first-order valence-corrected chi connectivity index (χ1v) is 5.87. The zero-order valence-corrected chi connectivity index (χ0v) is 10.1. The van der Waals surface area contributed by atoms with Crippen molar-refractivity contribution in [3.63, 3.8) is 0 Å². The first-order valence-electron chi connectivity index (χ1n) is 5.87. The van der Waals surface area contributed by atoms with Crippen molar-refractivity contribution >= 4 is 11.4 Å². The van der Waals surface area contributed by atoms with Crippen molar-refractivity contribution in [2.75, 3.05) is 23.7 Å². The largest absolute Gasteiger partial charge is 0.399 e. The van der Waals surface area contributed by atoms with Gasteiger partial charge in [-0.05, 0) is 37.3 Å². The fraction of sp³-hybridized carbons (Fsp3) is 0.308. The number of rotatable bonds is 5. The number of hydrogen-bond donors (Lipinski definition) is 1. The molecule has 2 aromatic rings. The Balaban J connectivity index is 1.99. The Morgan fingerprint density at radius 1 is 1.29 bits per heavy atom. The lowest BCUT2D eigenvalue weighted by Crippen LogP contribution is -2.27. The van der Waals surface area contributed by atoms with Crippen molar-refractivity contribution < 1.29 is 0 Å². The van der Waals surface area contributed by atoms with Gasteiger partial charge < -0.3 is 10.6 Å². The summed E-state index contributed by atoms with van der Waals surface area (Å²) in [6, 6.07) is 9.93. The predicted octanol–water partition coefficient (Wildman–Crippen LogP) is 1.99. The van der Waals surface area contributed by atoms with Gasteiger partial charge in [-0.3, -0.25) is 4.68 Å². The van der Waals surface area contributed by atoms with Gasteiger partial charge in [0.15, 0.2) is 0 Å². The van der Waals surface area contributed by atoms with Gasteiger partial charge >= 0.3 is 0 Å². The monoisotopic (exact) mass is 230 g/mol. The molecule has 0 aliphatic rings. The molecule has 0 bridgehead atoms. The lowest BCUT2D eigenvalue weighted by molar-refractivity contribution is 0.600. The molecular formula is C13H18N4. The number of benzene rings is 1. The Kier molecular flexibility index (Phi) is 3.65. The first-order chi connectivity index (χ1) is 8.29. The van der Waals surface area contributed by atoms with Gasteiger partial charge in [0.25, 0.3) is 0 Å². The molecular weight excluding hydrogens is 212 g/mol. The molecule has 0 amide bonds. The quantitative estimate of drug-likeness (QED) is 0.799. The highest BCUT2D eigenvalue weighted by atomic mass is 15.3. The van der Waals surface area contributed by atoms with Crippen LogP contribution in [0.2, 0.25) is 0 Å². The molecule has 90 valence electrons. The highest BCUT2D eigenvalue weighted by molar-refractivity contribution is 5.52. The molecule has 0 saturated heterocycles. The lowest BCUT2D eigenvalue weighted by atomic mass is 10.2. The Hall–Kier alpha value is -1.97. The Morgan fingerprint density at radius 2 is 2.06 bits per heavy atom. The summed E-state index contributed by atoms with van der Waals surface area (Å²) in [7, 11) is 0. The van der Waals surface area contributed by atoms with Crippen molar-refractivity contribution in [2.24, 2.45) is 0 Å². The van der Waals surface area contributed by atoms with Crippen LogP contribution in [0.3, 0.4) is 0 Å². The number of aromatic nitrogens is 2. The molecule has 2 N–H and O–H groups in total. The summed E-state index contributed by atoms with van der Waals surface area (Å²) in [6.07, 6.45) is 3.79. The van der Waals surface area contributed by atoms with Crippen LogP contribution in [-0.4, -0.2) is 22.9 Å². The highest BCUT2D eigenvalue weighted by Crippen LogP contribution is 2.15. The molecule has 1 aromatic carbocycles. The predicted molar refractivity (Wildman–Crippen MR) is 71.0 cm³/mol. The fourth-order valence-electron chi connectivity index (χ4n) is 1.81. The van der Waals surface area contributed by atoms with E-state index in [1.807, 2.05) is 29.1 Å². The van der Waals surface area contributed by atoms with E-state index >= 15 is 0 Å².